The van der Waals surface area contributed by atoms with Gasteiger partial charge in [0.05, 0.1) is 18.6 Å². The number of methoxy groups -OCH3 is 1. The van der Waals surface area contributed by atoms with Crippen LogP contribution in [0.15, 0.2) is 0 Å². The predicted octanol–water partition coefficient (Wildman–Crippen LogP) is 0.0862. The van der Waals surface area contributed by atoms with Crippen LogP contribution in [0, 0.1) is 5.92 Å². The molecule has 0 aliphatic rings. The summed E-state index contributed by atoms with van der Waals surface area (Å²) in [6.45, 7) is 6.50. The zero-order chi connectivity index (χ0) is 13.6. The summed E-state index contributed by atoms with van der Waals surface area (Å²) in [5.41, 5.74) is -0.812. The van der Waals surface area contributed by atoms with Gasteiger partial charge in [0.25, 0.3) is 0 Å². The van der Waals surface area contributed by atoms with Gasteiger partial charge in [-0.25, -0.2) is 0 Å². The summed E-state index contributed by atoms with van der Waals surface area (Å²) in [4.78, 5) is 13.2. The zero-order valence-corrected chi connectivity index (χ0v) is 11.8. The Labute approximate surface area is 104 Å². The molecule has 0 spiro atoms. The highest BCUT2D eigenvalue weighted by Crippen LogP contribution is 2.08. The number of carbonyl (C=O) groups is 1. The Kier molecular flexibility index (Phi) is 6.67. The molecule has 0 saturated carbocycles. The molecule has 0 aromatic rings. The smallest absolute Gasteiger partial charge is 0.309 e. The first-order valence-electron chi connectivity index (χ1n) is 5.88. The third kappa shape index (κ3) is 6.61. The Morgan fingerprint density at radius 3 is 2.41 bits per heavy atom. The number of likely N-dealkylation sites (N-methyl/N-ethyl adjacent to an activating group) is 1. The first kappa shape index (κ1) is 16.4. The van der Waals surface area contributed by atoms with Crippen molar-refractivity contribution in [3.8, 4) is 0 Å². The van der Waals surface area contributed by atoms with Gasteiger partial charge in [0.2, 0.25) is 0 Å². The van der Waals surface area contributed by atoms with Crippen molar-refractivity contribution in [1.82, 2.24) is 10.2 Å². The normalized spacial score (nSPS) is 18.6. The van der Waals surface area contributed by atoms with Crippen LogP contribution in [-0.2, 0) is 9.53 Å². The minimum atomic E-state index is -0.812. The molecular weight excluding hydrogens is 220 g/mol. The summed E-state index contributed by atoms with van der Waals surface area (Å²) < 4.78 is 4.68. The van der Waals surface area contributed by atoms with E-state index in [0.29, 0.717) is 13.1 Å². The second-order valence-electron chi connectivity index (χ2n) is 5.22. The number of esters is 1. The van der Waals surface area contributed by atoms with Gasteiger partial charge in [-0.3, -0.25) is 4.79 Å². The van der Waals surface area contributed by atoms with E-state index in [9.17, 15) is 9.90 Å². The predicted molar refractivity (Wildman–Crippen MR) is 67.8 cm³/mol. The fourth-order valence-corrected chi connectivity index (χ4v) is 1.68. The van der Waals surface area contributed by atoms with E-state index in [1.54, 1.807) is 6.92 Å². The van der Waals surface area contributed by atoms with Crippen LogP contribution < -0.4 is 5.32 Å². The molecule has 0 fully saturated rings. The lowest BCUT2D eigenvalue weighted by molar-refractivity contribution is -0.145. The minimum Gasteiger partial charge on any atom is -0.469 e. The van der Waals surface area contributed by atoms with Crippen molar-refractivity contribution in [2.24, 2.45) is 5.92 Å². The number of hydrogen-bond donors (Lipinski definition) is 2. The topological polar surface area (TPSA) is 61.8 Å². The van der Waals surface area contributed by atoms with E-state index in [2.05, 4.69) is 10.1 Å². The summed E-state index contributed by atoms with van der Waals surface area (Å²) >= 11 is 0. The number of aliphatic hydroxyl groups is 1. The molecule has 0 saturated heterocycles. The molecule has 102 valence electrons. The number of nitrogens with zero attached hydrogens (tertiary/aromatic N) is 1. The van der Waals surface area contributed by atoms with Gasteiger partial charge >= 0.3 is 5.97 Å². The molecule has 0 amide bonds. The van der Waals surface area contributed by atoms with Gasteiger partial charge in [-0.05, 0) is 27.9 Å². The standard InChI is InChI=1S/C12H26N2O3/c1-9(11(15)17-6)10(2)13-7-12(3,16)8-14(4)5/h9-10,13,16H,7-8H2,1-6H3. The molecule has 3 atom stereocenters. The number of rotatable bonds is 7. The van der Waals surface area contributed by atoms with Gasteiger partial charge in [-0.2, -0.15) is 0 Å². The van der Waals surface area contributed by atoms with Crippen molar-refractivity contribution in [3.63, 3.8) is 0 Å². The third-order valence-corrected chi connectivity index (χ3v) is 2.78. The largest absolute Gasteiger partial charge is 0.469 e. The Balaban J connectivity index is 4.14. The number of hydrogen-bond acceptors (Lipinski definition) is 5. The summed E-state index contributed by atoms with van der Waals surface area (Å²) in [7, 11) is 5.21. The van der Waals surface area contributed by atoms with Gasteiger partial charge in [0.1, 0.15) is 0 Å². The molecule has 0 aliphatic heterocycles. The maximum absolute atomic E-state index is 11.3. The average Bonchev–Trinajstić information content (AvgIpc) is 2.22. The fourth-order valence-electron chi connectivity index (χ4n) is 1.68. The van der Waals surface area contributed by atoms with Gasteiger partial charge in [-0.15, -0.1) is 0 Å². The van der Waals surface area contributed by atoms with Crippen molar-refractivity contribution in [2.45, 2.75) is 32.4 Å². The van der Waals surface area contributed by atoms with Crippen molar-refractivity contribution < 1.29 is 14.6 Å². The fraction of sp³-hybridized carbons (Fsp3) is 0.917. The summed E-state index contributed by atoms with van der Waals surface area (Å²) in [6, 6.07) is -0.0314. The van der Waals surface area contributed by atoms with E-state index in [4.69, 9.17) is 0 Å². The molecule has 0 bridgehead atoms. The minimum absolute atomic E-state index is 0.0314. The van der Waals surface area contributed by atoms with Crippen LogP contribution in [0.3, 0.4) is 0 Å². The molecular formula is C12H26N2O3. The number of carbonyl (C=O) groups excluding carboxylic acids is 1. The van der Waals surface area contributed by atoms with E-state index in [1.165, 1.54) is 7.11 Å². The zero-order valence-electron chi connectivity index (χ0n) is 11.8. The summed E-state index contributed by atoms with van der Waals surface area (Å²) in [6.07, 6.45) is 0. The van der Waals surface area contributed by atoms with Gasteiger partial charge in [0.15, 0.2) is 0 Å². The molecule has 0 aliphatic carbocycles. The van der Waals surface area contributed by atoms with Gasteiger partial charge < -0.3 is 20.1 Å². The second-order valence-corrected chi connectivity index (χ2v) is 5.22. The maximum Gasteiger partial charge on any atom is 0.309 e. The SMILES string of the molecule is COC(=O)C(C)C(C)NCC(C)(O)CN(C)C. The Hall–Kier alpha value is -0.650. The Bertz CT molecular complexity index is 242. The molecule has 0 radical (unpaired) electrons. The molecule has 5 heteroatoms. The maximum atomic E-state index is 11.3. The lowest BCUT2D eigenvalue weighted by atomic mass is 10.0. The van der Waals surface area contributed by atoms with E-state index < -0.39 is 5.60 Å². The number of nitrogens with one attached hydrogen (secondary N) is 1. The van der Waals surface area contributed by atoms with Crippen LogP contribution in [0.4, 0.5) is 0 Å². The third-order valence-electron chi connectivity index (χ3n) is 2.78. The van der Waals surface area contributed by atoms with E-state index in [-0.39, 0.29) is 17.9 Å². The molecule has 5 nitrogen and oxygen atoms in total. The van der Waals surface area contributed by atoms with Crippen LogP contribution >= 0.6 is 0 Å². The van der Waals surface area contributed by atoms with E-state index in [0.717, 1.165) is 0 Å². The second kappa shape index (κ2) is 6.93. The van der Waals surface area contributed by atoms with Crippen LogP contribution in [0.5, 0.6) is 0 Å². The van der Waals surface area contributed by atoms with Crippen molar-refractivity contribution in [1.29, 1.82) is 0 Å². The molecule has 17 heavy (non-hydrogen) atoms. The first-order valence-corrected chi connectivity index (χ1v) is 5.88. The molecule has 2 N–H and O–H groups in total. The monoisotopic (exact) mass is 246 g/mol. The summed E-state index contributed by atoms with van der Waals surface area (Å²) in [5, 5.41) is 13.3. The van der Waals surface area contributed by atoms with Crippen molar-refractivity contribution >= 4 is 5.97 Å². The van der Waals surface area contributed by atoms with Crippen LogP contribution in [0.2, 0.25) is 0 Å². The molecule has 0 rings (SSSR count). The Morgan fingerprint density at radius 2 is 2.00 bits per heavy atom. The van der Waals surface area contributed by atoms with Gasteiger partial charge in [0, 0.05) is 19.1 Å². The number of ether oxygens (including phenoxy) is 1. The van der Waals surface area contributed by atoms with E-state index >= 15 is 0 Å². The van der Waals surface area contributed by atoms with Crippen LogP contribution in [-0.4, -0.2) is 61.9 Å². The van der Waals surface area contributed by atoms with Gasteiger partial charge in [-0.1, -0.05) is 6.92 Å². The molecule has 0 heterocycles. The van der Waals surface area contributed by atoms with Crippen LogP contribution in [0.1, 0.15) is 20.8 Å². The molecule has 0 aromatic carbocycles. The Morgan fingerprint density at radius 1 is 1.47 bits per heavy atom. The highest BCUT2D eigenvalue weighted by molar-refractivity contribution is 5.72. The van der Waals surface area contributed by atoms with Crippen molar-refractivity contribution in [3.05, 3.63) is 0 Å². The highest BCUT2D eigenvalue weighted by Gasteiger charge is 2.25. The quantitative estimate of drug-likeness (QED) is 0.623. The van der Waals surface area contributed by atoms with E-state index in [1.807, 2.05) is 32.8 Å². The highest BCUT2D eigenvalue weighted by atomic mass is 16.5. The molecule has 0 aromatic heterocycles. The lowest BCUT2D eigenvalue weighted by Gasteiger charge is -2.29. The molecule has 3 unspecified atom stereocenters. The first-order chi connectivity index (χ1) is 7.69. The summed E-state index contributed by atoms with van der Waals surface area (Å²) in [5.74, 6) is -0.465. The average molecular weight is 246 g/mol. The lowest BCUT2D eigenvalue weighted by Crippen LogP contribution is -2.49. The van der Waals surface area contributed by atoms with Crippen molar-refractivity contribution in [2.75, 3.05) is 34.3 Å². The van der Waals surface area contributed by atoms with Crippen LogP contribution in [0.25, 0.3) is 0 Å².